The number of amides is 1. The maximum atomic E-state index is 12.0. The van der Waals surface area contributed by atoms with Gasteiger partial charge in [-0.05, 0) is 56.7 Å². The van der Waals surface area contributed by atoms with Crippen molar-refractivity contribution in [1.82, 2.24) is 5.32 Å². The average molecular weight is 298 g/mol. The molecule has 20 heavy (non-hydrogen) atoms. The Morgan fingerprint density at radius 2 is 2.05 bits per heavy atom. The maximum absolute atomic E-state index is 12.0. The second kappa shape index (κ2) is 7.69. The molecule has 0 heterocycles. The van der Waals surface area contributed by atoms with Crippen LogP contribution in [0.2, 0.25) is 0 Å². The fraction of sp³-hybridized carbons (Fsp3) is 0.938. The second-order valence-electron chi connectivity index (χ2n) is 6.42. The van der Waals surface area contributed by atoms with Gasteiger partial charge in [-0.3, -0.25) is 4.79 Å². The quantitative estimate of drug-likeness (QED) is 0.724. The lowest BCUT2D eigenvalue weighted by molar-refractivity contribution is -0.126. The van der Waals surface area contributed by atoms with E-state index in [1.807, 2.05) is 0 Å². The molecular weight excluding hydrogens is 268 g/mol. The van der Waals surface area contributed by atoms with Gasteiger partial charge in [0, 0.05) is 5.25 Å². The zero-order valence-electron chi connectivity index (χ0n) is 12.8. The second-order valence-corrected chi connectivity index (χ2v) is 7.83. The number of nitrogens with two attached hydrogens (primary N) is 1. The SMILES string of the molecule is CCCNC1(C(N)=O)CCCC1CCSC1CCCC1. The lowest BCUT2D eigenvalue weighted by Crippen LogP contribution is -2.58. The normalized spacial score (nSPS) is 30.9. The summed E-state index contributed by atoms with van der Waals surface area (Å²) in [5, 5.41) is 4.37. The van der Waals surface area contributed by atoms with Gasteiger partial charge >= 0.3 is 0 Å². The zero-order chi connectivity index (χ0) is 14.4. The monoisotopic (exact) mass is 298 g/mol. The highest BCUT2D eigenvalue weighted by Gasteiger charge is 2.46. The van der Waals surface area contributed by atoms with Gasteiger partial charge in [-0.25, -0.2) is 0 Å². The smallest absolute Gasteiger partial charge is 0.238 e. The first-order valence-electron chi connectivity index (χ1n) is 8.35. The van der Waals surface area contributed by atoms with E-state index in [-0.39, 0.29) is 5.91 Å². The predicted octanol–water partition coefficient (Wildman–Crippen LogP) is 3.08. The van der Waals surface area contributed by atoms with Crippen molar-refractivity contribution in [2.45, 2.75) is 75.5 Å². The summed E-state index contributed by atoms with van der Waals surface area (Å²) in [7, 11) is 0. The van der Waals surface area contributed by atoms with E-state index in [4.69, 9.17) is 5.73 Å². The summed E-state index contributed by atoms with van der Waals surface area (Å²) in [5.74, 6) is 1.51. The number of nitrogens with one attached hydrogen (secondary N) is 1. The van der Waals surface area contributed by atoms with Gasteiger partial charge in [0.15, 0.2) is 0 Å². The van der Waals surface area contributed by atoms with Crippen molar-refractivity contribution in [2.75, 3.05) is 12.3 Å². The van der Waals surface area contributed by atoms with Crippen LogP contribution in [0.3, 0.4) is 0 Å². The van der Waals surface area contributed by atoms with E-state index in [1.54, 1.807) is 0 Å². The van der Waals surface area contributed by atoms with Gasteiger partial charge < -0.3 is 11.1 Å². The summed E-state index contributed by atoms with van der Waals surface area (Å²) in [6.07, 6.45) is 11.0. The number of rotatable bonds is 8. The summed E-state index contributed by atoms with van der Waals surface area (Å²) in [4.78, 5) is 12.0. The summed E-state index contributed by atoms with van der Waals surface area (Å²) >= 11 is 2.13. The van der Waals surface area contributed by atoms with E-state index in [0.717, 1.165) is 43.9 Å². The number of carbonyl (C=O) groups is 1. The van der Waals surface area contributed by atoms with Crippen LogP contribution in [0.4, 0.5) is 0 Å². The molecular formula is C16H30N2OS. The van der Waals surface area contributed by atoms with Crippen molar-refractivity contribution in [2.24, 2.45) is 11.7 Å². The molecule has 2 aliphatic carbocycles. The largest absolute Gasteiger partial charge is 0.368 e. The average Bonchev–Trinajstić information content (AvgIpc) is 3.06. The van der Waals surface area contributed by atoms with Crippen LogP contribution in [0.1, 0.15) is 64.7 Å². The summed E-state index contributed by atoms with van der Waals surface area (Å²) in [6.45, 7) is 3.04. The molecule has 0 aromatic carbocycles. The molecule has 0 bridgehead atoms. The first-order chi connectivity index (χ1) is 9.69. The molecule has 0 aromatic rings. The van der Waals surface area contributed by atoms with Gasteiger partial charge in [0.05, 0.1) is 0 Å². The fourth-order valence-corrected chi connectivity index (χ4v) is 5.31. The Morgan fingerprint density at radius 1 is 1.30 bits per heavy atom. The Kier molecular flexibility index (Phi) is 6.21. The van der Waals surface area contributed by atoms with Crippen LogP contribution in [0, 0.1) is 5.92 Å². The fourth-order valence-electron chi connectivity index (χ4n) is 3.89. The number of primary amides is 1. The molecule has 3 nitrogen and oxygen atoms in total. The third-order valence-corrected chi connectivity index (χ3v) is 6.49. The molecule has 116 valence electrons. The molecule has 2 unspecified atom stereocenters. The Morgan fingerprint density at radius 3 is 2.70 bits per heavy atom. The molecule has 2 atom stereocenters. The first-order valence-corrected chi connectivity index (χ1v) is 9.40. The van der Waals surface area contributed by atoms with E-state index >= 15 is 0 Å². The van der Waals surface area contributed by atoms with E-state index in [2.05, 4.69) is 24.0 Å². The number of hydrogen-bond acceptors (Lipinski definition) is 3. The minimum Gasteiger partial charge on any atom is -0.368 e. The Hall–Kier alpha value is -0.220. The maximum Gasteiger partial charge on any atom is 0.238 e. The lowest BCUT2D eigenvalue weighted by atomic mass is 9.84. The predicted molar refractivity (Wildman–Crippen MR) is 86.9 cm³/mol. The molecule has 0 aliphatic heterocycles. The van der Waals surface area contributed by atoms with Gasteiger partial charge in [-0.15, -0.1) is 0 Å². The minimum absolute atomic E-state index is 0.126. The molecule has 2 aliphatic rings. The standard InChI is InChI=1S/C16H30N2OS/c1-2-11-18-16(15(17)19)10-5-6-13(16)9-12-20-14-7-3-4-8-14/h13-14,18H,2-12H2,1H3,(H2,17,19). The molecule has 0 spiro atoms. The third kappa shape index (κ3) is 3.70. The van der Waals surface area contributed by atoms with Crippen LogP contribution in [0.25, 0.3) is 0 Å². The molecule has 2 fully saturated rings. The first kappa shape index (κ1) is 16.2. The molecule has 4 heteroatoms. The molecule has 2 saturated carbocycles. The number of thioether (sulfide) groups is 1. The van der Waals surface area contributed by atoms with Crippen LogP contribution in [-0.4, -0.2) is 29.0 Å². The molecule has 0 saturated heterocycles. The van der Waals surface area contributed by atoms with Crippen molar-refractivity contribution < 1.29 is 4.79 Å². The van der Waals surface area contributed by atoms with Gasteiger partial charge in [-0.1, -0.05) is 26.2 Å². The lowest BCUT2D eigenvalue weighted by Gasteiger charge is -2.34. The van der Waals surface area contributed by atoms with Crippen LogP contribution in [0.5, 0.6) is 0 Å². The zero-order valence-corrected chi connectivity index (χ0v) is 13.6. The molecule has 0 aromatic heterocycles. The Labute approximate surface area is 127 Å². The van der Waals surface area contributed by atoms with E-state index in [9.17, 15) is 4.79 Å². The van der Waals surface area contributed by atoms with Crippen LogP contribution in [-0.2, 0) is 4.79 Å². The van der Waals surface area contributed by atoms with Crippen molar-refractivity contribution >= 4 is 17.7 Å². The molecule has 1 amide bonds. The van der Waals surface area contributed by atoms with E-state index < -0.39 is 5.54 Å². The van der Waals surface area contributed by atoms with E-state index in [0.29, 0.717) is 5.92 Å². The number of carbonyl (C=O) groups excluding carboxylic acids is 1. The Bertz CT molecular complexity index is 318. The third-order valence-electron chi connectivity index (χ3n) is 5.07. The highest BCUT2D eigenvalue weighted by Crippen LogP contribution is 2.39. The van der Waals surface area contributed by atoms with Crippen molar-refractivity contribution in [3.8, 4) is 0 Å². The van der Waals surface area contributed by atoms with Gasteiger partial charge in [0.25, 0.3) is 0 Å². The van der Waals surface area contributed by atoms with Crippen LogP contribution < -0.4 is 11.1 Å². The minimum atomic E-state index is -0.410. The summed E-state index contributed by atoms with van der Waals surface area (Å²) in [5.41, 5.74) is 5.34. The van der Waals surface area contributed by atoms with E-state index in [1.165, 1.54) is 31.4 Å². The highest BCUT2D eigenvalue weighted by molar-refractivity contribution is 7.99. The summed E-state index contributed by atoms with van der Waals surface area (Å²) < 4.78 is 0. The van der Waals surface area contributed by atoms with Gasteiger partial charge in [0.2, 0.25) is 5.91 Å². The Balaban J connectivity index is 1.85. The van der Waals surface area contributed by atoms with Crippen LogP contribution in [0.15, 0.2) is 0 Å². The van der Waals surface area contributed by atoms with Crippen LogP contribution >= 0.6 is 11.8 Å². The topological polar surface area (TPSA) is 55.1 Å². The number of hydrogen-bond donors (Lipinski definition) is 2. The molecule has 3 N–H and O–H groups in total. The molecule has 2 rings (SSSR count). The molecule has 0 radical (unpaired) electrons. The highest BCUT2D eigenvalue weighted by atomic mass is 32.2. The summed E-state index contributed by atoms with van der Waals surface area (Å²) in [6, 6.07) is 0. The van der Waals surface area contributed by atoms with Gasteiger partial charge in [0.1, 0.15) is 5.54 Å². The van der Waals surface area contributed by atoms with Gasteiger partial charge in [-0.2, -0.15) is 11.8 Å². The van der Waals surface area contributed by atoms with Crippen molar-refractivity contribution in [1.29, 1.82) is 0 Å². The van der Waals surface area contributed by atoms with Crippen molar-refractivity contribution in [3.63, 3.8) is 0 Å². The van der Waals surface area contributed by atoms with Crippen molar-refractivity contribution in [3.05, 3.63) is 0 Å².